The van der Waals surface area contributed by atoms with E-state index in [0.29, 0.717) is 0 Å². The van der Waals surface area contributed by atoms with Crippen molar-refractivity contribution in [2.45, 2.75) is 24.6 Å². The molecule has 18 heavy (non-hydrogen) atoms. The van der Waals surface area contributed by atoms with E-state index < -0.39 is 17.6 Å². The first-order valence-corrected chi connectivity index (χ1v) is 5.84. The van der Waals surface area contributed by atoms with Crippen LogP contribution in [0.3, 0.4) is 0 Å². The summed E-state index contributed by atoms with van der Waals surface area (Å²) >= 11 is 11.4. The highest BCUT2D eigenvalue weighted by molar-refractivity contribution is 6.34. The highest BCUT2D eigenvalue weighted by Crippen LogP contribution is 2.46. The van der Waals surface area contributed by atoms with Gasteiger partial charge in [-0.15, -0.1) is 0 Å². The average molecular weight is 298 g/mol. The standard InChI is InChI=1S/C11H8Cl2F3NO/c12-7-3-6(4-8(13)5-7)10(11(14,15)16)2-1-9(18)17-10/h3-5H,1-2H2,(H,17,18). The molecule has 1 fully saturated rings. The molecular formula is C11H8Cl2F3NO. The summed E-state index contributed by atoms with van der Waals surface area (Å²) in [6, 6.07) is 3.69. The smallest absolute Gasteiger partial charge is 0.338 e. The summed E-state index contributed by atoms with van der Waals surface area (Å²) in [5.41, 5.74) is -2.53. The molecule has 0 radical (unpaired) electrons. The molecule has 2 rings (SSSR count). The van der Waals surface area contributed by atoms with Crippen molar-refractivity contribution in [3.63, 3.8) is 0 Å². The number of halogens is 5. The molecule has 0 saturated carbocycles. The van der Waals surface area contributed by atoms with Crippen molar-refractivity contribution < 1.29 is 18.0 Å². The third kappa shape index (κ3) is 2.17. The molecule has 1 heterocycles. The van der Waals surface area contributed by atoms with Gasteiger partial charge in [-0.05, 0) is 30.2 Å². The Kier molecular flexibility index (Phi) is 3.23. The highest BCUT2D eigenvalue weighted by atomic mass is 35.5. The Labute approximate surface area is 111 Å². The molecule has 1 amide bonds. The second-order valence-corrected chi connectivity index (χ2v) is 4.98. The maximum absolute atomic E-state index is 13.2. The molecule has 2 nitrogen and oxygen atoms in total. The van der Waals surface area contributed by atoms with Crippen LogP contribution in [0.4, 0.5) is 13.2 Å². The Morgan fingerprint density at radius 1 is 1.17 bits per heavy atom. The monoisotopic (exact) mass is 297 g/mol. The van der Waals surface area contributed by atoms with E-state index in [2.05, 4.69) is 0 Å². The summed E-state index contributed by atoms with van der Waals surface area (Å²) in [4.78, 5) is 11.2. The number of nitrogens with one attached hydrogen (secondary N) is 1. The predicted molar refractivity (Wildman–Crippen MR) is 61.6 cm³/mol. The molecule has 1 atom stereocenters. The van der Waals surface area contributed by atoms with Crippen LogP contribution >= 0.6 is 23.2 Å². The Hall–Kier alpha value is -0.940. The van der Waals surface area contributed by atoms with E-state index >= 15 is 0 Å². The molecule has 0 spiro atoms. The Balaban J connectivity index is 2.57. The molecule has 1 aliphatic heterocycles. The van der Waals surface area contributed by atoms with Crippen LogP contribution < -0.4 is 5.32 Å². The maximum Gasteiger partial charge on any atom is 0.415 e. The second kappa shape index (κ2) is 4.31. The van der Waals surface area contributed by atoms with Crippen LogP contribution in [0.1, 0.15) is 18.4 Å². The van der Waals surface area contributed by atoms with Gasteiger partial charge >= 0.3 is 6.18 Å². The molecule has 98 valence electrons. The fraction of sp³-hybridized carbons (Fsp3) is 0.364. The number of hydrogen-bond acceptors (Lipinski definition) is 1. The van der Waals surface area contributed by atoms with Crippen LogP contribution in [0.5, 0.6) is 0 Å². The fourth-order valence-electron chi connectivity index (χ4n) is 2.06. The molecule has 0 bridgehead atoms. The fourth-order valence-corrected chi connectivity index (χ4v) is 2.58. The average Bonchev–Trinajstić information content (AvgIpc) is 2.59. The van der Waals surface area contributed by atoms with Gasteiger partial charge in [0.25, 0.3) is 0 Å². The van der Waals surface area contributed by atoms with Gasteiger partial charge in [0.1, 0.15) is 0 Å². The zero-order chi connectivity index (χ0) is 13.6. The summed E-state index contributed by atoms with van der Waals surface area (Å²) in [6.07, 6.45) is -5.14. The van der Waals surface area contributed by atoms with Gasteiger partial charge in [0, 0.05) is 16.5 Å². The topological polar surface area (TPSA) is 29.1 Å². The van der Waals surface area contributed by atoms with Crippen LogP contribution in [-0.4, -0.2) is 12.1 Å². The molecule has 0 aromatic heterocycles. The zero-order valence-electron chi connectivity index (χ0n) is 8.94. The van der Waals surface area contributed by atoms with E-state index in [4.69, 9.17) is 23.2 Å². The van der Waals surface area contributed by atoms with E-state index in [-0.39, 0.29) is 28.5 Å². The molecule has 7 heteroatoms. The van der Waals surface area contributed by atoms with Gasteiger partial charge in [0.15, 0.2) is 5.54 Å². The summed E-state index contributed by atoms with van der Waals surface area (Å²) in [6.45, 7) is 0. The van der Waals surface area contributed by atoms with Crippen LogP contribution in [0.25, 0.3) is 0 Å². The highest BCUT2D eigenvalue weighted by Gasteiger charge is 2.59. The quantitative estimate of drug-likeness (QED) is 0.842. The van der Waals surface area contributed by atoms with E-state index in [9.17, 15) is 18.0 Å². The Morgan fingerprint density at radius 3 is 2.11 bits per heavy atom. The first-order valence-electron chi connectivity index (χ1n) is 5.09. The number of carbonyl (C=O) groups is 1. The van der Waals surface area contributed by atoms with Crippen LogP contribution in [0.15, 0.2) is 18.2 Å². The van der Waals surface area contributed by atoms with Crippen molar-refractivity contribution in [1.29, 1.82) is 0 Å². The Bertz CT molecular complexity index is 483. The minimum Gasteiger partial charge on any atom is -0.338 e. The molecule has 1 aromatic rings. The third-order valence-electron chi connectivity index (χ3n) is 2.92. The maximum atomic E-state index is 13.2. The molecule has 1 saturated heterocycles. The van der Waals surface area contributed by atoms with Crippen molar-refractivity contribution in [2.75, 3.05) is 0 Å². The van der Waals surface area contributed by atoms with Crippen molar-refractivity contribution in [3.8, 4) is 0 Å². The molecule has 1 aliphatic rings. The molecule has 1 N–H and O–H groups in total. The van der Waals surface area contributed by atoms with Gasteiger partial charge in [-0.25, -0.2) is 0 Å². The van der Waals surface area contributed by atoms with Crippen LogP contribution in [0, 0.1) is 0 Å². The number of alkyl halides is 3. The lowest BCUT2D eigenvalue weighted by Gasteiger charge is -2.32. The van der Waals surface area contributed by atoms with Crippen LogP contribution in [-0.2, 0) is 10.3 Å². The minimum absolute atomic E-state index is 0.0993. The van der Waals surface area contributed by atoms with E-state index in [1.54, 1.807) is 0 Å². The van der Waals surface area contributed by atoms with Crippen molar-refractivity contribution >= 4 is 29.1 Å². The SMILES string of the molecule is O=C1CCC(c2cc(Cl)cc(Cl)c2)(C(F)(F)F)N1. The molecule has 1 aromatic carbocycles. The molecular weight excluding hydrogens is 290 g/mol. The van der Waals surface area contributed by atoms with Gasteiger partial charge in [-0.3, -0.25) is 4.79 Å². The van der Waals surface area contributed by atoms with E-state index in [1.807, 2.05) is 5.32 Å². The van der Waals surface area contributed by atoms with E-state index in [1.165, 1.54) is 18.2 Å². The third-order valence-corrected chi connectivity index (χ3v) is 3.36. The predicted octanol–water partition coefficient (Wildman–Crippen LogP) is 3.66. The van der Waals surface area contributed by atoms with Crippen molar-refractivity contribution in [1.82, 2.24) is 5.32 Å². The summed E-state index contributed by atoms with van der Waals surface area (Å²) in [5, 5.41) is 2.20. The zero-order valence-corrected chi connectivity index (χ0v) is 10.5. The normalized spacial score (nSPS) is 24.2. The van der Waals surface area contributed by atoms with Gasteiger partial charge in [0.05, 0.1) is 0 Å². The summed E-state index contributed by atoms with van der Waals surface area (Å²) in [7, 11) is 0. The number of carbonyl (C=O) groups excluding carboxylic acids is 1. The first kappa shape index (κ1) is 13.5. The summed E-state index contributed by atoms with van der Waals surface area (Å²) < 4.78 is 39.7. The summed E-state index contributed by atoms with van der Waals surface area (Å²) in [5.74, 6) is -0.636. The lowest BCUT2D eigenvalue weighted by atomic mass is 9.87. The lowest BCUT2D eigenvalue weighted by Crippen LogP contribution is -2.51. The number of benzene rings is 1. The number of rotatable bonds is 1. The minimum atomic E-state index is -4.60. The van der Waals surface area contributed by atoms with Crippen molar-refractivity contribution in [2.24, 2.45) is 0 Å². The van der Waals surface area contributed by atoms with Crippen molar-refractivity contribution in [3.05, 3.63) is 33.8 Å². The largest absolute Gasteiger partial charge is 0.415 e. The lowest BCUT2D eigenvalue weighted by molar-refractivity contribution is -0.197. The van der Waals surface area contributed by atoms with Gasteiger partial charge in [0.2, 0.25) is 5.91 Å². The number of hydrogen-bond donors (Lipinski definition) is 1. The number of amides is 1. The molecule has 0 aliphatic carbocycles. The Morgan fingerprint density at radius 2 is 1.72 bits per heavy atom. The van der Waals surface area contributed by atoms with Gasteiger partial charge in [-0.1, -0.05) is 23.2 Å². The van der Waals surface area contributed by atoms with Gasteiger partial charge < -0.3 is 5.32 Å². The van der Waals surface area contributed by atoms with E-state index in [0.717, 1.165) is 0 Å². The van der Waals surface area contributed by atoms with Crippen LogP contribution in [0.2, 0.25) is 10.0 Å². The van der Waals surface area contributed by atoms with Gasteiger partial charge in [-0.2, -0.15) is 13.2 Å². The second-order valence-electron chi connectivity index (χ2n) is 4.11. The first-order chi connectivity index (χ1) is 8.24. The molecule has 1 unspecified atom stereocenters.